The molecular formula is C17H17BrN2O. The van der Waals surface area contributed by atoms with Gasteiger partial charge in [-0.2, -0.15) is 0 Å². The Bertz CT molecular complexity index is 705. The third-order valence-corrected chi connectivity index (χ3v) is 4.17. The molecule has 108 valence electrons. The van der Waals surface area contributed by atoms with E-state index < -0.39 is 0 Å². The summed E-state index contributed by atoms with van der Waals surface area (Å²) in [5, 5.41) is 3.50. The molecule has 0 aliphatic heterocycles. The second kappa shape index (κ2) is 6.41. The molecule has 0 aliphatic carbocycles. The number of benzene rings is 2. The molecule has 0 fully saturated rings. The standard InChI is InChI=1S/C17H17BrN2O/c1-2-19-15(12-7-3-4-8-13(12)18)11-17-20-14-9-5-6-10-16(14)21-17/h3-10,15,19H,2,11H2,1H3. The molecule has 21 heavy (non-hydrogen) atoms. The minimum absolute atomic E-state index is 0.179. The molecule has 3 aromatic rings. The van der Waals surface area contributed by atoms with E-state index >= 15 is 0 Å². The molecule has 0 radical (unpaired) electrons. The lowest BCUT2D eigenvalue weighted by atomic mass is 10.0. The smallest absolute Gasteiger partial charge is 0.197 e. The fourth-order valence-electron chi connectivity index (χ4n) is 2.48. The summed E-state index contributed by atoms with van der Waals surface area (Å²) < 4.78 is 6.94. The van der Waals surface area contributed by atoms with Crippen LogP contribution in [0.25, 0.3) is 11.1 Å². The van der Waals surface area contributed by atoms with Gasteiger partial charge in [0.25, 0.3) is 0 Å². The maximum Gasteiger partial charge on any atom is 0.197 e. The van der Waals surface area contributed by atoms with Crippen LogP contribution in [0.2, 0.25) is 0 Å². The monoisotopic (exact) mass is 344 g/mol. The highest BCUT2D eigenvalue weighted by Crippen LogP contribution is 2.27. The molecule has 0 spiro atoms. The summed E-state index contributed by atoms with van der Waals surface area (Å²) >= 11 is 3.62. The number of nitrogens with one attached hydrogen (secondary N) is 1. The van der Waals surface area contributed by atoms with Gasteiger partial charge in [0, 0.05) is 16.9 Å². The fraction of sp³-hybridized carbons (Fsp3) is 0.235. The Morgan fingerprint density at radius 2 is 1.90 bits per heavy atom. The van der Waals surface area contributed by atoms with Crippen molar-refractivity contribution in [2.75, 3.05) is 6.54 Å². The molecular weight excluding hydrogens is 328 g/mol. The summed E-state index contributed by atoms with van der Waals surface area (Å²) in [7, 11) is 0. The quantitative estimate of drug-likeness (QED) is 0.741. The van der Waals surface area contributed by atoms with Gasteiger partial charge in [-0.1, -0.05) is 53.2 Å². The Morgan fingerprint density at radius 1 is 1.14 bits per heavy atom. The molecule has 1 atom stereocenters. The number of halogens is 1. The van der Waals surface area contributed by atoms with E-state index in [4.69, 9.17) is 4.42 Å². The van der Waals surface area contributed by atoms with Crippen LogP contribution in [-0.2, 0) is 6.42 Å². The van der Waals surface area contributed by atoms with Crippen LogP contribution in [-0.4, -0.2) is 11.5 Å². The summed E-state index contributed by atoms with van der Waals surface area (Å²) in [5.74, 6) is 0.762. The van der Waals surface area contributed by atoms with Crippen molar-refractivity contribution in [1.82, 2.24) is 10.3 Å². The zero-order valence-corrected chi connectivity index (χ0v) is 13.4. The fourth-order valence-corrected chi connectivity index (χ4v) is 3.04. The number of para-hydroxylation sites is 2. The van der Waals surface area contributed by atoms with E-state index in [1.54, 1.807) is 0 Å². The molecule has 0 saturated carbocycles. The Labute approximate surface area is 132 Å². The van der Waals surface area contributed by atoms with E-state index in [9.17, 15) is 0 Å². The van der Waals surface area contributed by atoms with E-state index in [0.29, 0.717) is 0 Å². The van der Waals surface area contributed by atoms with Gasteiger partial charge in [0.15, 0.2) is 11.5 Å². The van der Waals surface area contributed by atoms with Gasteiger partial charge < -0.3 is 9.73 Å². The maximum absolute atomic E-state index is 5.84. The summed E-state index contributed by atoms with van der Waals surface area (Å²) in [6, 6.07) is 16.3. The zero-order valence-electron chi connectivity index (χ0n) is 11.8. The number of nitrogens with zero attached hydrogens (tertiary/aromatic N) is 1. The molecule has 0 amide bonds. The Kier molecular flexibility index (Phi) is 4.36. The van der Waals surface area contributed by atoms with Crippen LogP contribution >= 0.6 is 15.9 Å². The molecule has 0 saturated heterocycles. The lowest BCUT2D eigenvalue weighted by molar-refractivity contribution is 0.460. The summed E-state index contributed by atoms with van der Waals surface area (Å²) in [6.07, 6.45) is 0.727. The molecule has 4 heteroatoms. The van der Waals surface area contributed by atoms with Gasteiger partial charge in [0.1, 0.15) is 5.52 Å². The number of hydrogen-bond donors (Lipinski definition) is 1. The predicted octanol–water partition coefficient (Wildman–Crippen LogP) is 4.48. The molecule has 1 unspecified atom stereocenters. The van der Waals surface area contributed by atoms with Gasteiger partial charge in [0.2, 0.25) is 0 Å². The van der Waals surface area contributed by atoms with Gasteiger partial charge >= 0.3 is 0 Å². The van der Waals surface area contributed by atoms with Crippen molar-refractivity contribution < 1.29 is 4.42 Å². The zero-order chi connectivity index (χ0) is 14.7. The van der Waals surface area contributed by atoms with Crippen molar-refractivity contribution in [3.05, 3.63) is 64.5 Å². The number of hydrogen-bond acceptors (Lipinski definition) is 3. The van der Waals surface area contributed by atoms with Crippen molar-refractivity contribution in [2.45, 2.75) is 19.4 Å². The van der Waals surface area contributed by atoms with Crippen molar-refractivity contribution in [3.63, 3.8) is 0 Å². The lowest BCUT2D eigenvalue weighted by Crippen LogP contribution is -2.23. The SMILES string of the molecule is CCNC(Cc1nc2ccccc2o1)c1ccccc1Br. The third kappa shape index (κ3) is 3.17. The minimum Gasteiger partial charge on any atom is -0.441 e. The molecule has 1 aromatic heterocycles. The third-order valence-electron chi connectivity index (χ3n) is 3.45. The predicted molar refractivity (Wildman–Crippen MR) is 88.3 cm³/mol. The first-order chi connectivity index (χ1) is 10.3. The summed E-state index contributed by atoms with van der Waals surface area (Å²) in [5.41, 5.74) is 2.98. The van der Waals surface area contributed by atoms with Crippen LogP contribution in [0.3, 0.4) is 0 Å². The van der Waals surface area contributed by atoms with E-state index in [0.717, 1.165) is 34.4 Å². The van der Waals surface area contributed by atoms with Gasteiger partial charge in [-0.15, -0.1) is 0 Å². The molecule has 3 rings (SSSR count). The molecule has 0 bridgehead atoms. The highest BCUT2D eigenvalue weighted by molar-refractivity contribution is 9.10. The molecule has 1 N–H and O–H groups in total. The number of fused-ring (bicyclic) bond motifs is 1. The lowest BCUT2D eigenvalue weighted by Gasteiger charge is -2.18. The van der Waals surface area contributed by atoms with Crippen LogP contribution < -0.4 is 5.32 Å². The molecule has 1 heterocycles. The van der Waals surface area contributed by atoms with Crippen LogP contribution in [0, 0.1) is 0 Å². The second-order valence-corrected chi connectivity index (χ2v) is 5.77. The van der Waals surface area contributed by atoms with Gasteiger partial charge in [-0.05, 0) is 30.3 Å². The Balaban J connectivity index is 1.90. The van der Waals surface area contributed by atoms with Gasteiger partial charge in [-0.3, -0.25) is 0 Å². The first-order valence-corrected chi connectivity index (χ1v) is 7.89. The van der Waals surface area contributed by atoms with Crippen LogP contribution in [0.5, 0.6) is 0 Å². The molecule has 3 nitrogen and oxygen atoms in total. The average molecular weight is 345 g/mol. The second-order valence-electron chi connectivity index (χ2n) is 4.91. The van der Waals surface area contributed by atoms with Gasteiger partial charge in [0.05, 0.1) is 0 Å². The van der Waals surface area contributed by atoms with Crippen LogP contribution in [0.4, 0.5) is 0 Å². The highest BCUT2D eigenvalue weighted by Gasteiger charge is 2.17. The summed E-state index contributed by atoms with van der Waals surface area (Å²) in [6.45, 7) is 3.00. The first-order valence-electron chi connectivity index (χ1n) is 7.10. The van der Waals surface area contributed by atoms with Gasteiger partial charge in [-0.25, -0.2) is 4.98 Å². The van der Waals surface area contributed by atoms with Crippen molar-refractivity contribution in [2.24, 2.45) is 0 Å². The van der Waals surface area contributed by atoms with Crippen molar-refractivity contribution >= 4 is 27.0 Å². The number of aromatic nitrogens is 1. The largest absolute Gasteiger partial charge is 0.441 e. The Hall–Kier alpha value is -1.65. The van der Waals surface area contributed by atoms with E-state index in [1.165, 1.54) is 5.56 Å². The summed E-state index contributed by atoms with van der Waals surface area (Å²) in [4.78, 5) is 4.57. The van der Waals surface area contributed by atoms with Crippen LogP contribution in [0.15, 0.2) is 57.4 Å². The number of oxazole rings is 1. The van der Waals surface area contributed by atoms with Crippen LogP contribution in [0.1, 0.15) is 24.4 Å². The minimum atomic E-state index is 0.179. The highest BCUT2D eigenvalue weighted by atomic mass is 79.9. The molecule has 2 aromatic carbocycles. The average Bonchev–Trinajstić information content (AvgIpc) is 2.89. The first kappa shape index (κ1) is 14.3. The maximum atomic E-state index is 5.84. The van der Waals surface area contributed by atoms with E-state index in [-0.39, 0.29) is 6.04 Å². The van der Waals surface area contributed by atoms with E-state index in [1.807, 2.05) is 30.3 Å². The molecule has 0 aliphatic rings. The van der Waals surface area contributed by atoms with E-state index in [2.05, 4.69) is 51.4 Å². The van der Waals surface area contributed by atoms with Crippen molar-refractivity contribution in [3.8, 4) is 0 Å². The number of likely N-dealkylation sites (N-methyl/N-ethyl adjacent to an activating group) is 1. The Morgan fingerprint density at radius 3 is 2.67 bits per heavy atom. The topological polar surface area (TPSA) is 38.1 Å². The van der Waals surface area contributed by atoms with Crippen molar-refractivity contribution in [1.29, 1.82) is 0 Å². The normalized spacial score (nSPS) is 12.7. The number of rotatable bonds is 5.